The Bertz CT molecular complexity index is 2600. The molecule has 1 aliphatic rings. The Morgan fingerprint density at radius 2 is 0.953 bits per heavy atom. The Labute approximate surface area is 248 Å². The molecule has 1 heterocycles. The molecule has 1 heteroatoms. The lowest BCUT2D eigenvalue weighted by Gasteiger charge is -2.13. The molecule has 0 saturated heterocycles. The first-order valence-corrected chi connectivity index (χ1v) is 15.0. The third-order valence-corrected chi connectivity index (χ3v) is 9.49. The Balaban J connectivity index is 1.22. The number of para-hydroxylation sites is 1. The van der Waals surface area contributed by atoms with Crippen LogP contribution in [0.1, 0.15) is 0 Å². The van der Waals surface area contributed by atoms with E-state index in [1.807, 2.05) is 0 Å². The molecule has 0 N–H and O–H groups in total. The number of nitrogens with zero attached hydrogens (tertiary/aromatic N) is 1. The fraction of sp³-hybridized carbons (Fsp3) is 0. The summed E-state index contributed by atoms with van der Waals surface area (Å²) in [5.74, 6) is 0. The largest absolute Gasteiger partial charge is 0.309 e. The van der Waals surface area contributed by atoms with Gasteiger partial charge in [-0.1, -0.05) is 121 Å². The van der Waals surface area contributed by atoms with Crippen molar-refractivity contribution in [2.45, 2.75) is 0 Å². The Morgan fingerprint density at radius 1 is 0.349 bits per heavy atom. The van der Waals surface area contributed by atoms with Crippen LogP contribution in [0.4, 0.5) is 0 Å². The van der Waals surface area contributed by atoms with Crippen LogP contribution in [0, 0.1) is 0 Å². The van der Waals surface area contributed by atoms with Gasteiger partial charge >= 0.3 is 0 Å². The third-order valence-electron chi connectivity index (χ3n) is 9.49. The molecule has 0 bridgehead atoms. The molecule has 198 valence electrons. The molecular weight excluding hydrogens is 518 g/mol. The van der Waals surface area contributed by atoms with Gasteiger partial charge in [0.15, 0.2) is 0 Å². The molecule has 0 amide bonds. The van der Waals surface area contributed by atoms with Crippen molar-refractivity contribution in [3.63, 3.8) is 0 Å². The maximum atomic E-state index is 2.46. The fourth-order valence-corrected chi connectivity index (χ4v) is 7.68. The Kier molecular flexibility index (Phi) is 4.51. The summed E-state index contributed by atoms with van der Waals surface area (Å²) in [5, 5.41) is 10.5. The normalized spacial score (nSPS) is 12.2. The minimum absolute atomic E-state index is 1.17. The van der Waals surface area contributed by atoms with E-state index in [0.717, 1.165) is 0 Å². The van der Waals surface area contributed by atoms with Gasteiger partial charge in [-0.15, -0.1) is 0 Å². The van der Waals surface area contributed by atoms with E-state index in [1.165, 1.54) is 93.2 Å². The van der Waals surface area contributed by atoms with Crippen molar-refractivity contribution < 1.29 is 0 Å². The minimum Gasteiger partial charge on any atom is -0.309 e. The Morgan fingerprint density at radius 3 is 1.74 bits per heavy atom. The molecule has 0 saturated carbocycles. The standard InChI is InChI=1S/C42H25N/c1-2-14-33-31(12-1)34-18-9-10-27-24-28(25-38(33)40(27)34)26-20-22-29(23-21-26)43-39-19-8-7-17-37(39)41-35-15-5-3-11-30(35)32-13-4-6-16-36(32)42(41)43/h1-25H. The third kappa shape index (κ3) is 3.06. The minimum atomic E-state index is 1.17. The average Bonchev–Trinajstić information content (AvgIpc) is 3.60. The average molecular weight is 544 g/mol. The number of aromatic nitrogens is 1. The highest BCUT2D eigenvalue weighted by Gasteiger charge is 2.22. The first-order valence-electron chi connectivity index (χ1n) is 15.0. The molecule has 0 fully saturated rings. The SMILES string of the molecule is c1ccc2c(c1)-c1cccc3cc(-c4ccc(-n5c6ccccc6c6c7ccccc7c7ccccc7c65)cc4)cc-2c13. The van der Waals surface area contributed by atoms with Crippen molar-refractivity contribution in [2.75, 3.05) is 0 Å². The smallest absolute Gasteiger partial charge is 0.0625 e. The van der Waals surface area contributed by atoms with Gasteiger partial charge in [0.1, 0.15) is 0 Å². The van der Waals surface area contributed by atoms with Crippen LogP contribution in [0.15, 0.2) is 152 Å². The lowest BCUT2D eigenvalue weighted by atomic mass is 9.96. The van der Waals surface area contributed by atoms with Gasteiger partial charge in [-0.3, -0.25) is 0 Å². The van der Waals surface area contributed by atoms with E-state index in [-0.39, 0.29) is 0 Å². The summed E-state index contributed by atoms with van der Waals surface area (Å²) in [7, 11) is 0. The van der Waals surface area contributed by atoms with Gasteiger partial charge in [-0.05, 0) is 90.6 Å². The van der Waals surface area contributed by atoms with Crippen molar-refractivity contribution in [3.8, 4) is 39.1 Å². The van der Waals surface area contributed by atoms with Gasteiger partial charge in [-0.2, -0.15) is 0 Å². The molecule has 0 aliphatic heterocycles. The van der Waals surface area contributed by atoms with Crippen LogP contribution in [0.2, 0.25) is 0 Å². The monoisotopic (exact) mass is 543 g/mol. The molecule has 43 heavy (non-hydrogen) atoms. The zero-order valence-electron chi connectivity index (χ0n) is 23.4. The summed E-state index contributed by atoms with van der Waals surface area (Å²) < 4.78 is 2.46. The highest BCUT2D eigenvalue weighted by atomic mass is 15.0. The number of hydrogen-bond donors (Lipinski definition) is 0. The molecule has 0 atom stereocenters. The lowest BCUT2D eigenvalue weighted by Crippen LogP contribution is -1.95. The molecule has 0 spiro atoms. The van der Waals surface area contributed by atoms with Gasteiger partial charge in [0.2, 0.25) is 0 Å². The first-order chi connectivity index (χ1) is 21.3. The summed E-state index contributed by atoms with van der Waals surface area (Å²) in [6.45, 7) is 0. The van der Waals surface area contributed by atoms with E-state index < -0.39 is 0 Å². The van der Waals surface area contributed by atoms with E-state index in [9.17, 15) is 0 Å². The van der Waals surface area contributed by atoms with Crippen LogP contribution in [-0.2, 0) is 0 Å². The molecule has 0 radical (unpaired) electrons. The molecule has 10 rings (SSSR count). The van der Waals surface area contributed by atoms with Gasteiger partial charge in [0, 0.05) is 21.8 Å². The van der Waals surface area contributed by atoms with Gasteiger partial charge in [0.25, 0.3) is 0 Å². The molecular formula is C42H25N. The van der Waals surface area contributed by atoms with Crippen molar-refractivity contribution in [1.82, 2.24) is 4.57 Å². The van der Waals surface area contributed by atoms with E-state index in [1.54, 1.807) is 0 Å². The van der Waals surface area contributed by atoms with Crippen LogP contribution in [-0.4, -0.2) is 4.57 Å². The van der Waals surface area contributed by atoms with E-state index >= 15 is 0 Å². The van der Waals surface area contributed by atoms with Crippen molar-refractivity contribution in [1.29, 1.82) is 0 Å². The van der Waals surface area contributed by atoms with Gasteiger partial charge in [-0.25, -0.2) is 0 Å². The highest BCUT2D eigenvalue weighted by molar-refractivity contribution is 6.32. The van der Waals surface area contributed by atoms with Crippen LogP contribution in [0.3, 0.4) is 0 Å². The van der Waals surface area contributed by atoms with Gasteiger partial charge < -0.3 is 4.57 Å². The highest BCUT2D eigenvalue weighted by Crippen LogP contribution is 2.49. The van der Waals surface area contributed by atoms with Crippen LogP contribution in [0.25, 0.3) is 93.2 Å². The number of fused-ring (bicyclic) bond motifs is 11. The zero-order valence-corrected chi connectivity index (χ0v) is 23.4. The summed E-state index contributed by atoms with van der Waals surface area (Å²) in [5.41, 5.74) is 11.5. The van der Waals surface area contributed by atoms with Crippen LogP contribution in [0.5, 0.6) is 0 Å². The van der Waals surface area contributed by atoms with Gasteiger partial charge in [0.05, 0.1) is 11.0 Å². The molecule has 0 unspecified atom stereocenters. The van der Waals surface area contributed by atoms with Crippen LogP contribution >= 0.6 is 0 Å². The fourth-order valence-electron chi connectivity index (χ4n) is 7.68. The summed E-state index contributed by atoms with van der Waals surface area (Å²) in [6, 6.07) is 55.9. The maximum absolute atomic E-state index is 2.46. The second-order valence-electron chi connectivity index (χ2n) is 11.7. The van der Waals surface area contributed by atoms with Crippen molar-refractivity contribution in [3.05, 3.63) is 152 Å². The second kappa shape index (κ2) is 8.44. The molecule has 1 aliphatic carbocycles. The quantitative estimate of drug-likeness (QED) is 0.191. The Hall–Kier alpha value is -5.66. The summed E-state index contributed by atoms with van der Waals surface area (Å²) in [4.78, 5) is 0. The summed E-state index contributed by atoms with van der Waals surface area (Å²) >= 11 is 0. The topological polar surface area (TPSA) is 4.93 Å². The maximum Gasteiger partial charge on any atom is 0.0625 e. The van der Waals surface area contributed by atoms with Crippen molar-refractivity contribution >= 4 is 54.1 Å². The molecule has 9 aromatic rings. The van der Waals surface area contributed by atoms with Crippen molar-refractivity contribution in [2.24, 2.45) is 0 Å². The van der Waals surface area contributed by atoms with E-state index in [2.05, 4.69) is 156 Å². The second-order valence-corrected chi connectivity index (χ2v) is 11.7. The molecule has 1 aromatic heterocycles. The number of hydrogen-bond acceptors (Lipinski definition) is 0. The summed E-state index contributed by atoms with van der Waals surface area (Å²) in [6.07, 6.45) is 0. The predicted octanol–water partition coefficient (Wildman–Crippen LogP) is 11.6. The van der Waals surface area contributed by atoms with Crippen LogP contribution < -0.4 is 0 Å². The van der Waals surface area contributed by atoms with E-state index in [0.29, 0.717) is 0 Å². The number of rotatable bonds is 2. The zero-order chi connectivity index (χ0) is 28.1. The predicted molar refractivity (Wildman–Crippen MR) is 183 cm³/mol. The van der Waals surface area contributed by atoms with E-state index in [4.69, 9.17) is 0 Å². The first kappa shape index (κ1) is 23.0. The molecule has 1 nitrogen and oxygen atoms in total. The number of benzene rings is 8. The lowest BCUT2D eigenvalue weighted by molar-refractivity contribution is 1.19. The molecule has 8 aromatic carbocycles.